The van der Waals surface area contributed by atoms with Crippen LogP contribution >= 0.6 is 0 Å². The van der Waals surface area contributed by atoms with Gasteiger partial charge in [-0.2, -0.15) is 5.10 Å². The molecule has 2 rings (SSSR count). The maximum Gasteiger partial charge on any atom is 0.189 e. The van der Waals surface area contributed by atoms with E-state index in [2.05, 4.69) is 5.10 Å². The van der Waals surface area contributed by atoms with E-state index >= 15 is 0 Å². The second-order valence-electron chi connectivity index (χ2n) is 5.11. The zero-order chi connectivity index (χ0) is 16.1. The van der Waals surface area contributed by atoms with E-state index in [0.29, 0.717) is 17.1 Å². The minimum absolute atomic E-state index is 0.0928. The van der Waals surface area contributed by atoms with Crippen molar-refractivity contribution >= 4 is 11.9 Å². The third kappa shape index (κ3) is 3.55. The highest BCUT2D eigenvalue weighted by Crippen LogP contribution is 2.25. The van der Waals surface area contributed by atoms with Crippen LogP contribution in [-0.4, -0.2) is 29.8 Å². The average molecular weight is 300 g/mol. The topological polar surface area (TPSA) is 53.3 Å². The number of ketones is 1. The van der Waals surface area contributed by atoms with E-state index in [4.69, 9.17) is 9.47 Å². The van der Waals surface area contributed by atoms with Crippen LogP contribution < -0.4 is 9.47 Å². The van der Waals surface area contributed by atoms with Crippen molar-refractivity contribution < 1.29 is 14.3 Å². The van der Waals surface area contributed by atoms with Crippen molar-refractivity contribution in [2.75, 3.05) is 14.2 Å². The van der Waals surface area contributed by atoms with E-state index < -0.39 is 0 Å². The van der Waals surface area contributed by atoms with Gasteiger partial charge in [0.25, 0.3) is 0 Å². The third-order valence-electron chi connectivity index (χ3n) is 3.27. The molecule has 0 unspecified atom stereocenters. The number of methoxy groups -OCH3 is 2. The van der Waals surface area contributed by atoms with Crippen molar-refractivity contribution in [2.45, 2.75) is 19.9 Å². The van der Waals surface area contributed by atoms with Crippen LogP contribution in [0.3, 0.4) is 0 Å². The van der Waals surface area contributed by atoms with Gasteiger partial charge in [-0.05, 0) is 38.1 Å². The molecule has 1 aromatic carbocycles. The van der Waals surface area contributed by atoms with Crippen LogP contribution in [0.25, 0.3) is 6.08 Å². The number of benzene rings is 1. The summed E-state index contributed by atoms with van der Waals surface area (Å²) in [4.78, 5) is 12.2. The van der Waals surface area contributed by atoms with Crippen LogP contribution in [0.15, 0.2) is 36.7 Å². The molecule has 0 radical (unpaired) electrons. The van der Waals surface area contributed by atoms with E-state index in [0.717, 1.165) is 5.56 Å². The van der Waals surface area contributed by atoms with Gasteiger partial charge < -0.3 is 9.47 Å². The molecule has 0 N–H and O–H groups in total. The molecule has 0 spiro atoms. The van der Waals surface area contributed by atoms with Crippen molar-refractivity contribution in [1.82, 2.24) is 9.78 Å². The van der Waals surface area contributed by atoms with Crippen molar-refractivity contribution in [1.29, 1.82) is 0 Å². The number of rotatable bonds is 6. The molecule has 0 fully saturated rings. The van der Waals surface area contributed by atoms with Crippen LogP contribution in [0.1, 0.15) is 35.8 Å². The van der Waals surface area contributed by atoms with Gasteiger partial charge in [0.2, 0.25) is 0 Å². The highest BCUT2D eigenvalue weighted by Gasteiger charge is 2.08. The van der Waals surface area contributed by atoms with Crippen molar-refractivity contribution in [2.24, 2.45) is 0 Å². The summed E-state index contributed by atoms with van der Waals surface area (Å²) >= 11 is 0. The fraction of sp³-hybridized carbons (Fsp3) is 0.294. The lowest BCUT2D eigenvalue weighted by Gasteiger charge is -2.07. The van der Waals surface area contributed by atoms with Gasteiger partial charge in [0.05, 0.1) is 26.0 Å². The monoisotopic (exact) mass is 300 g/mol. The third-order valence-corrected chi connectivity index (χ3v) is 3.27. The molecule has 5 nitrogen and oxygen atoms in total. The van der Waals surface area contributed by atoms with Crippen molar-refractivity contribution in [3.63, 3.8) is 0 Å². The number of allylic oxidation sites excluding steroid dienone is 1. The lowest BCUT2D eigenvalue weighted by atomic mass is 10.1. The summed E-state index contributed by atoms with van der Waals surface area (Å²) in [6.07, 6.45) is 6.58. The summed E-state index contributed by atoms with van der Waals surface area (Å²) in [5.41, 5.74) is 1.38. The second-order valence-corrected chi connectivity index (χ2v) is 5.11. The quantitative estimate of drug-likeness (QED) is 0.606. The molecule has 0 atom stereocenters. The van der Waals surface area contributed by atoms with Crippen molar-refractivity contribution in [3.8, 4) is 11.5 Å². The molecule has 0 aliphatic heterocycles. The molecule has 0 aliphatic carbocycles. The molecular formula is C17H20N2O3. The molecule has 0 bridgehead atoms. The molecule has 5 heteroatoms. The first-order valence-corrected chi connectivity index (χ1v) is 7.03. The van der Waals surface area contributed by atoms with Crippen LogP contribution in [0, 0.1) is 0 Å². The van der Waals surface area contributed by atoms with Gasteiger partial charge in [-0.25, -0.2) is 0 Å². The minimum atomic E-state index is -0.0928. The van der Waals surface area contributed by atoms with Crippen LogP contribution in [0.5, 0.6) is 11.5 Å². The molecule has 0 amide bonds. The van der Waals surface area contributed by atoms with Crippen LogP contribution in [0.2, 0.25) is 0 Å². The molecule has 0 saturated heterocycles. The first-order chi connectivity index (χ1) is 10.5. The lowest BCUT2D eigenvalue weighted by molar-refractivity contribution is 0.104. The minimum Gasteiger partial charge on any atom is -0.497 e. The Morgan fingerprint density at radius 2 is 2.05 bits per heavy atom. The van der Waals surface area contributed by atoms with Gasteiger partial charge in [-0.1, -0.05) is 0 Å². The Balaban J connectivity index is 2.18. The zero-order valence-corrected chi connectivity index (χ0v) is 13.2. The van der Waals surface area contributed by atoms with E-state index in [-0.39, 0.29) is 11.8 Å². The predicted molar refractivity (Wildman–Crippen MR) is 85.5 cm³/mol. The SMILES string of the molecule is COc1ccc(/C=C\C(=O)c2cnn(C(C)C)c2)c(OC)c1. The summed E-state index contributed by atoms with van der Waals surface area (Å²) in [6.45, 7) is 4.03. The number of nitrogens with zero attached hydrogens (tertiary/aromatic N) is 2. The number of carbonyl (C=O) groups excluding carboxylic acids is 1. The Bertz CT molecular complexity index is 687. The number of hydrogen-bond donors (Lipinski definition) is 0. The second kappa shape index (κ2) is 6.93. The highest BCUT2D eigenvalue weighted by molar-refractivity contribution is 6.06. The fourth-order valence-electron chi connectivity index (χ4n) is 1.97. The first kappa shape index (κ1) is 15.8. The smallest absolute Gasteiger partial charge is 0.189 e. The zero-order valence-electron chi connectivity index (χ0n) is 13.2. The predicted octanol–water partition coefficient (Wildman–Crippen LogP) is 3.38. The molecule has 116 valence electrons. The molecule has 2 aromatic rings. The number of aromatic nitrogens is 2. The van der Waals surface area contributed by atoms with Gasteiger partial charge in [-0.3, -0.25) is 9.48 Å². The molecule has 1 heterocycles. The summed E-state index contributed by atoms with van der Waals surface area (Å²) < 4.78 is 12.2. The normalized spacial score (nSPS) is 11.1. The Morgan fingerprint density at radius 3 is 2.64 bits per heavy atom. The van der Waals surface area contributed by atoms with Gasteiger partial charge in [0.1, 0.15) is 11.5 Å². The van der Waals surface area contributed by atoms with E-state index in [9.17, 15) is 4.79 Å². The van der Waals surface area contributed by atoms with Crippen LogP contribution in [-0.2, 0) is 0 Å². The number of carbonyl (C=O) groups is 1. The standard InChI is InChI=1S/C17H20N2O3/c1-12(2)19-11-14(10-18-19)16(20)8-6-13-5-7-15(21-3)9-17(13)22-4/h5-12H,1-4H3/b8-6-. The maximum absolute atomic E-state index is 12.2. The number of hydrogen-bond acceptors (Lipinski definition) is 4. The lowest BCUT2D eigenvalue weighted by Crippen LogP contribution is -2.00. The van der Waals surface area contributed by atoms with Gasteiger partial charge in [-0.15, -0.1) is 0 Å². The Labute approximate surface area is 130 Å². The van der Waals surface area contributed by atoms with E-state index in [1.54, 1.807) is 43.4 Å². The van der Waals surface area contributed by atoms with Gasteiger partial charge in [0, 0.05) is 23.9 Å². The van der Waals surface area contributed by atoms with Crippen LogP contribution in [0.4, 0.5) is 0 Å². The first-order valence-electron chi connectivity index (χ1n) is 7.03. The van der Waals surface area contributed by atoms with E-state index in [1.807, 2.05) is 26.0 Å². The summed E-state index contributed by atoms with van der Waals surface area (Å²) in [5.74, 6) is 1.27. The molecule has 0 saturated carbocycles. The van der Waals surface area contributed by atoms with Crippen molar-refractivity contribution in [3.05, 3.63) is 47.8 Å². The summed E-state index contributed by atoms with van der Waals surface area (Å²) in [6, 6.07) is 5.68. The summed E-state index contributed by atoms with van der Waals surface area (Å²) in [5, 5.41) is 4.17. The number of ether oxygens (including phenoxy) is 2. The van der Waals surface area contributed by atoms with Gasteiger partial charge >= 0.3 is 0 Å². The maximum atomic E-state index is 12.2. The summed E-state index contributed by atoms with van der Waals surface area (Å²) in [7, 11) is 3.18. The highest BCUT2D eigenvalue weighted by atomic mass is 16.5. The Morgan fingerprint density at radius 1 is 1.27 bits per heavy atom. The molecular weight excluding hydrogens is 280 g/mol. The largest absolute Gasteiger partial charge is 0.497 e. The fourth-order valence-corrected chi connectivity index (χ4v) is 1.97. The average Bonchev–Trinajstić information content (AvgIpc) is 3.02. The molecule has 22 heavy (non-hydrogen) atoms. The molecule has 1 aromatic heterocycles. The Hall–Kier alpha value is -2.56. The van der Waals surface area contributed by atoms with E-state index in [1.165, 1.54) is 6.08 Å². The Kier molecular flexibility index (Phi) is 4.99. The van der Waals surface area contributed by atoms with Gasteiger partial charge in [0.15, 0.2) is 5.78 Å². The molecule has 0 aliphatic rings.